The molecule has 0 heterocycles. The predicted octanol–water partition coefficient (Wildman–Crippen LogP) is 3.88. The highest BCUT2D eigenvalue weighted by Gasteiger charge is 2.11. The number of halogens is 2. The molecule has 104 valence electrons. The zero-order valence-electron chi connectivity index (χ0n) is 10.1. The minimum Gasteiger partial charge on any atom is -0.506 e. The Kier molecular flexibility index (Phi) is 5.08. The molecule has 0 amide bonds. The molecule has 0 aliphatic carbocycles. The molecule has 20 heavy (non-hydrogen) atoms. The minimum atomic E-state index is -1.02. The van der Waals surface area contributed by atoms with Crippen molar-refractivity contribution < 1.29 is 19.7 Å². The lowest BCUT2D eigenvalue weighted by atomic mass is 10.2. The predicted molar refractivity (Wildman–Crippen MR) is 91.3 cm³/mol. The average Bonchev–Trinajstić information content (AvgIpc) is 2.42. The van der Waals surface area contributed by atoms with Crippen molar-refractivity contribution >= 4 is 51.2 Å². The van der Waals surface area contributed by atoms with E-state index in [0.29, 0.717) is 5.75 Å². The number of carboxylic acid groups (broad SMARTS) is 1. The molecule has 0 radical (unpaired) electrons. The van der Waals surface area contributed by atoms with E-state index >= 15 is 0 Å². The molecule has 0 saturated carbocycles. The highest BCUT2D eigenvalue weighted by molar-refractivity contribution is 14.1. The standard InChI is InChI=1S/C14H10I2O4/c15-10-5-8(6-11(16)13(10)17)7-20-12-4-2-1-3-9(12)14(18)19/h1-6,17H,7H2,(H,18,19). The van der Waals surface area contributed by atoms with Crippen LogP contribution < -0.4 is 4.74 Å². The van der Waals surface area contributed by atoms with Gasteiger partial charge in [0, 0.05) is 0 Å². The summed E-state index contributed by atoms with van der Waals surface area (Å²) in [5.41, 5.74) is 1.01. The molecule has 4 nitrogen and oxygen atoms in total. The van der Waals surface area contributed by atoms with E-state index in [0.717, 1.165) is 12.7 Å². The van der Waals surface area contributed by atoms with Crippen LogP contribution in [0.5, 0.6) is 11.5 Å². The first-order valence-corrected chi connectivity index (χ1v) is 7.77. The first-order valence-electron chi connectivity index (χ1n) is 5.61. The number of hydrogen-bond acceptors (Lipinski definition) is 3. The van der Waals surface area contributed by atoms with Crippen LogP contribution in [0.25, 0.3) is 0 Å². The zero-order valence-corrected chi connectivity index (χ0v) is 14.5. The largest absolute Gasteiger partial charge is 0.506 e. The third-order valence-electron chi connectivity index (χ3n) is 2.59. The Labute approximate surface area is 143 Å². The lowest BCUT2D eigenvalue weighted by Crippen LogP contribution is -2.03. The van der Waals surface area contributed by atoms with Crippen molar-refractivity contribution in [1.29, 1.82) is 0 Å². The average molecular weight is 496 g/mol. The van der Waals surface area contributed by atoms with Gasteiger partial charge in [-0.2, -0.15) is 0 Å². The molecule has 6 heteroatoms. The maximum Gasteiger partial charge on any atom is 0.339 e. The number of para-hydroxylation sites is 1. The Morgan fingerprint density at radius 2 is 1.75 bits per heavy atom. The molecule has 0 aliphatic rings. The van der Waals surface area contributed by atoms with E-state index in [-0.39, 0.29) is 17.9 Å². The Morgan fingerprint density at radius 1 is 1.15 bits per heavy atom. The molecule has 2 aromatic rings. The number of ether oxygens (including phenoxy) is 1. The monoisotopic (exact) mass is 496 g/mol. The van der Waals surface area contributed by atoms with Gasteiger partial charge in [-0.1, -0.05) is 12.1 Å². The van der Waals surface area contributed by atoms with Crippen molar-refractivity contribution in [2.24, 2.45) is 0 Å². The Balaban J connectivity index is 2.19. The van der Waals surface area contributed by atoms with Gasteiger partial charge in [0.1, 0.15) is 23.7 Å². The van der Waals surface area contributed by atoms with E-state index < -0.39 is 5.97 Å². The highest BCUT2D eigenvalue weighted by Crippen LogP contribution is 2.28. The number of carboxylic acids is 1. The second-order valence-corrected chi connectivity index (χ2v) is 6.32. The summed E-state index contributed by atoms with van der Waals surface area (Å²) in [5.74, 6) is -0.436. The van der Waals surface area contributed by atoms with Crippen molar-refractivity contribution in [3.63, 3.8) is 0 Å². The molecule has 2 rings (SSSR count). The summed E-state index contributed by atoms with van der Waals surface area (Å²) in [5, 5.41) is 18.8. The summed E-state index contributed by atoms with van der Waals surface area (Å²) >= 11 is 4.09. The van der Waals surface area contributed by atoms with E-state index in [4.69, 9.17) is 9.84 Å². The molecular formula is C14H10I2O4. The molecule has 0 fully saturated rings. The summed E-state index contributed by atoms with van der Waals surface area (Å²) in [6.07, 6.45) is 0. The molecule has 2 N–H and O–H groups in total. The topological polar surface area (TPSA) is 66.8 Å². The van der Waals surface area contributed by atoms with Gasteiger partial charge in [0.2, 0.25) is 0 Å². The van der Waals surface area contributed by atoms with Crippen LogP contribution in [0.4, 0.5) is 0 Å². The van der Waals surface area contributed by atoms with Crippen LogP contribution in [0.3, 0.4) is 0 Å². The SMILES string of the molecule is O=C(O)c1ccccc1OCc1cc(I)c(O)c(I)c1. The van der Waals surface area contributed by atoms with E-state index in [1.807, 2.05) is 45.2 Å². The number of benzene rings is 2. The number of rotatable bonds is 4. The van der Waals surface area contributed by atoms with Crippen LogP contribution in [0.2, 0.25) is 0 Å². The first-order chi connectivity index (χ1) is 9.49. The molecule has 0 unspecified atom stereocenters. The van der Waals surface area contributed by atoms with E-state index in [1.165, 1.54) is 6.07 Å². The number of aromatic hydroxyl groups is 1. The summed E-state index contributed by atoms with van der Waals surface area (Å²) < 4.78 is 7.04. The van der Waals surface area contributed by atoms with Crippen LogP contribution >= 0.6 is 45.2 Å². The number of hydrogen-bond donors (Lipinski definition) is 2. The van der Waals surface area contributed by atoms with E-state index in [1.54, 1.807) is 30.3 Å². The third kappa shape index (κ3) is 3.54. The molecule has 0 aromatic heterocycles. The second kappa shape index (κ2) is 6.61. The van der Waals surface area contributed by atoms with Gasteiger partial charge in [0.05, 0.1) is 7.14 Å². The minimum absolute atomic E-state index is 0.135. The van der Waals surface area contributed by atoms with E-state index in [2.05, 4.69) is 0 Å². The summed E-state index contributed by atoms with van der Waals surface area (Å²) in [6, 6.07) is 10.1. The lowest BCUT2D eigenvalue weighted by molar-refractivity contribution is 0.0692. The fourth-order valence-corrected chi connectivity index (χ4v) is 3.53. The van der Waals surface area contributed by atoms with Gasteiger partial charge in [-0.05, 0) is 75.0 Å². The first kappa shape index (κ1) is 15.4. The van der Waals surface area contributed by atoms with Gasteiger partial charge < -0.3 is 14.9 Å². The summed E-state index contributed by atoms with van der Waals surface area (Å²) in [4.78, 5) is 11.1. The number of aromatic carboxylic acids is 1. The Bertz CT molecular complexity index is 632. The summed E-state index contributed by atoms with van der Waals surface area (Å²) in [7, 11) is 0. The number of phenolic OH excluding ortho intramolecular Hbond substituents is 1. The van der Waals surface area contributed by atoms with Gasteiger partial charge >= 0.3 is 5.97 Å². The summed E-state index contributed by atoms with van der Waals surface area (Å²) in [6.45, 7) is 0.247. The zero-order chi connectivity index (χ0) is 14.7. The van der Waals surface area contributed by atoms with E-state index in [9.17, 15) is 9.90 Å². The molecule has 0 aliphatic heterocycles. The van der Waals surface area contributed by atoms with Gasteiger partial charge in [-0.25, -0.2) is 4.79 Å². The molecule has 0 saturated heterocycles. The van der Waals surface area contributed by atoms with Gasteiger partial charge in [-0.3, -0.25) is 0 Å². The van der Waals surface area contributed by atoms with Gasteiger partial charge in [0.25, 0.3) is 0 Å². The number of carbonyl (C=O) groups is 1. The van der Waals surface area contributed by atoms with Crippen molar-refractivity contribution in [3.8, 4) is 11.5 Å². The van der Waals surface area contributed by atoms with Crippen molar-refractivity contribution in [1.82, 2.24) is 0 Å². The maximum absolute atomic E-state index is 11.1. The molecule has 0 bridgehead atoms. The smallest absolute Gasteiger partial charge is 0.339 e. The fourth-order valence-electron chi connectivity index (χ4n) is 1.63. The molecule has 0 spiro atoms. The van der Waals surface area contributed by atoms with Crippen molar-refractivity contribution in [2.75, 3.05) is 0 Å². The lowest BCUT2D eigenvalue weighted by Gasteiger charge is -2.10. The number of phenols is 1. The van der Waals surface area contributed by atoms with Gasteiger partial charge in [0.15, 0.2) is 0 Å². The molecule has 2 aromatic carbocycles. The van der Waals surface area contributed by atoms with Crippen LogP contribution in [-0.4, -0.2) is 16.2 Å². The second-order valence-electron chi connectivity index (χ2n) is 4.00. The molecule has 0 atom stereocenters. The van der Waals surface area contributed by atoms with Crippen LogP contribution in [0, 0.1) is 7.14 Å². The Hall–Kier alpha value is -1.03. The normalized spacial score (nSPS) is 10.3. The highest BCUT2D eigenvalue weighted by atomic mass is 127. The van der Waals surface area contributed by atoms with Gasteiger partial charge in [-0.15, -0.1) is 0 Å². The third-order valence-corrected chi connectivity index (χ3v) is 4.23. The van der Waals surface area contributed by atoms with Crippen molar-refractivity contribution in [3.05, 3.63) is 54.7 Å². The maximum atomic E-state index is 11.1. The van der Waals surface area contributed by atoms with Crippen molar-refractivity contribution in [2.45, 2.75) is 6.61 Å². The van der Waals surface area contributed by atoms with Crippen LogP contribution in [0.1, 0.15) is 15.9 Å². The Morgan fingerprint density at radius 3 is 2.35 bits per heavy atom. The quantitative estimate of drug-likeness (QED) is 0.632. The van der Waals surface area contributed by atoms with Crippen LogP contribution in [0.15, 0.2) is 36.4 Å². The molecular weight excluding hydrogens is 486 g/mol. The van der Waals surface area contributed by atoms with Crippen LogP contribution in [-0.2, 0) is 6.61 Å². The fraction of sp³-hybridized carbons (Fsp3) is 0.0714.